The third kappa shape index (κ3) is 6.58. The molecule has 1 fully saturated rings. The predicted molar refractivity (Wildman–Crippen MR) is 106 cm³/mol. The smallest absolute Gasteiger partial charge is 0.236 e. The summed E-state index contributed by atoms with van der Waals surface area (Å²) in [6, 6.07) is 10.4. The predicted octanol–water partition coefficient (Wildman–Crippen LogP) is 3.42. The molecule has 5 nitrogen and oxygen atoms in total. The molecule has 0 atom stereocenters. The molecule has 1 saturated heterocycles. The van der Waals surface area contributed by atoms with Gasteiger partial charge in [-0.2, -0.15) is 0 Å². The van der Waals surface area contributed by atoms with Crippen LogP contribution < -0.4 is 0 Å². The molecule has 0 aromatic heterocycles. The van der Waals surface area contributed by atoms with Crippen molar-refractivity contribution in [1.29, 1.82) is 0 Å². The minimum atomic E-state index is -0.670. The first-order valence-electron chi connectivity index (χ1n) is 10.0. The molecule has 1 heterocycles. The quantitative estimate of drug-likeness (QED) is 0.339. The van der Waals surface area contributed by atoms with Crippen molar-refractivity contribution >= 4 is 18.0 Å². The first-order valence-corrected chi connectivity index (χ1v) is 10.0. The van der Waals surface area contributed by atoms with E-state index in [1.165, 1.54) is 5.56 Å². The molecule has 1 aromatic rings. The highest BCUT2D eigenvalue weighted by molar-refractivity contribution is 6.27. The lowest BCUT2D eigenvalue weighted by molar-refractivity contribution is -0.145. The van der Waals surface area contributed by atoms with Gasteiger partial charge in [-0.25, -0.2) is 5.01 Å². The number of hydrogen-bond acceptors (Lipinski definition) is 4. The van der Waals surface area contributed by atoms with Crippen molar-refractivity contribution < 1.29 is 14.4 Å². The van der Waals surface area contributed by atoms with Crippen LogP contribution in [0.2, 0.25) is 0 Å². The molecule has 0 unspecified atom stereocenters. The molecular weight excluding hydrogens is 340 g/mol. The highest BCUT2D eigenvalue weighted by Gasteiger charge is 2.31. The van der Waals surface area contributed by atoms with Gasteiger partial charge in [-0.05, 0) is 37.7 Å². The van der Waals surface area contributed by atoms with Crippen LogP contribution in [-0.2, 0) is 20.8 Å². The standard InChI is InChI=1S/C22H32N2O3/c1-22(2,20(26)18-25)14-17-23-15-9-16-24(23)21(27)13-8-4-7-12-19-10-5-3-6-11-19/h3,5-6,10-11,18H,4,7-9,12-17H2,1-2H3. The maximum absolute atomic E-state index is 12.6. The fourth-order valence-electron chi connectivity index (χ4n) is 3.43. The molecule has 0 N–H and O–H groups in total. The number of benzene rings is 1. The van der Waals surface area contributed by atoms with Gasteiger partial charge in [-0.3, -0.25) is 19.4 Å². The van der Waals surface area contributed by atoms with Crippen LogP contribution in [0.15, 0.2) is 30.3 Å². The minimum absolute atomic E-state index is 0.173. The zero-order chi connectivity index (χ0) is 19.7. The van der Waals surface area contributed by atoms with Crippen LogP contribution in [0.1, 0.15) is 57.9 Å². The van der Waals surface area contributed by atoms with E-state index >= 15 is 0 Å². The second-order valence-electron chi connectivity index (χ2n) is 7.99. The summed E-state index contributed by atoms with van der Waals surface area (Å²) >= 11 is 0. The average Bonchev–Trinajstić information content (AvgIpc) is 3.15. The lowest BCUT2D eigenvalue weighted by Crippen LogP contribution is -2.43. The van der Waals surface area contributed by atoms with Crippen LogP contribution in [0.25, 0.3) is 0 Å². The molecule has 0 saturated carbocycles. The molecular formula is C22H32N2O3. The third-order valence-electron chi connectivity index (χ3n) is 5.38. The van der Waals surface area contributed by atoms with Gasteiger partial charge in [-0.1, -0.05) is 50.6 Å². The number of aryl methyl sites for hydroxylation is 1. The molecule has 0 bridgehead atoms. The number of rotatable bonds is 11. The SMILES string of the molecule is CC(C)(CCN1CCCN1C(=O)CCCCCc1ccccc1)C(=O)C=O. The largest absolute Gasteiger partial charge is 0.295 e. The van der Waals surface area contributed by atoms with E-state index in [4.69, 9.17) is 0 Å². The summed E-state index contributed by atoms with van der Waals surface area (Å²) in [5, 5.41) is 3.89. The molecule has 5 heteroatoms. The Morgan fingerprint density at radius 3 is 2.52 bits per heavy atom. The zero-order valence-electron chi connectivity index (χ0n) is 16.7. The Balaban J connectivity index is 1.70. The number of hydrogen-bond donors (Lipinski definition) is 0. The van der Waals surface area contributed by atoms with Crippen LogP contribution in [0, 0.1) is 5.41 Å². The van der Waals surface area contributed by atoms with Gasteiger partial charge in [0.25, 0.3) is 0 Å². The number of nitrogens with zero attached hydrogens (tertiary/aromatic N) is 2. The lowest BCUT2D eigenvalue weighted by atomic mass is 9.85. The molecule has 0 spiro atoms. The molecule has 0 radical (unpaired) electrons. The Hall–Kier alpha value is -2.01. The number of carbonyl (C=O) groups excluding carboxylic acids is 3. The summed E-state index contributed by atoms with van der Waals surface area (Å²) in [4.78, 5) is 35.0. The summed E-state index contributed by atoms with van der Waals surface area (Å²) < 4.78 is 0. The topological polar surface area (TPSA) is 57.7 Å². The van der Waals surface area contributed by atoms with Crippen molar-refractivity contribution in [2.75, 3.05) is 19.6 Å². The molecule has 1 aliphatic heterocycles. The Morgan fingerprint density at radius 1 is 1.07 bits per heavy atom. The highest BCUT2D eigenvalue weighted by Crippen LogP contribution is 2.23. The minimum Gasteiger partial charge on any atom is -0.295 e. The van der Waals surface area contributed by atoms with Crippen molar-refractivity contribution in [3.05, 3.63) is 35.9 Å². The second-order valence-corrected chi connectivity index (χ2v) is 7.99. The molecule has 148 valence electrons. The molecule has 1 aromatic carbocycles. The van der Waals surface area contributed by atoms with E-state index in [1.54, 1.807) is 13.8 Å². The second kappa shape index (κ2) is 10.4. The van der Waals surface area contributed by atoms with Crippen molar-refractivity contribution in [1.82, 2.24) is 10.0 Å². The summed E-state index contributed by atoms with van der Waals surface area (Å²) in [5.41, 5.74) is 0.679. The number of amides is 1. The van der Waals surface area contributed by atoms with E-state index in [9.17, 15) is 14.4 Å². The Morgan fingerprint density at radius 2 is 1.81 bits per heavy atom. The first kappa shape index (κ1) is 21.3. The molecule has 2 rings (SSSR count). The van der Waals surface area contributed by atoms with Gasteiger partial charge in [0.15, 0.2) is 6.29 Å². The monoisotopic (exact) mass is 372 g/mol. The lowest BCUT2D eigenvalue weighted by Gasteiger charge is -2.31. The van der Waals surface area contributed by atoms with Crippen molar-refractivity contribution in [3.8, 4) is 0 Å². The van der Waals surface area contributed by atoms with Crippen molar-refractivity contribution in [2.45, 2.75) is 58.8 Å². The van der Waals surface area contributed by atoms with Gasteiger partial charge in [0.2, 0.25) is 11.7 Å². The van der Waals surface area contributed by atoms with Gasteiger partial charge in [0.1, 0.15) is 0 Å². The summed E-state index contributed by atoms with van der Waals surface area (Å²) in [6.45, 7) is 5.81. The van der Waals surface area contributed by atoms with Crippen LogP contribution >= 0.6 is 0 Å². The Bertz CT molecular complexity index is 628. The van der Waals surface area contributed by atoms with Crippen LogP contribution in [0.3, 0.4) is 0 Å². The average molecular weight is 373 g/mol. The van der Waals surface area contributed by atoms with E-state index in [1.807, 2.05) is 16.1 Å². The van der Waals surface area contributed by atoms with Crippen LogP contribution in [-0.4, -0.2) is 47.6 Å². The van der Waals surface area contributed by atoms with Gasteiger partial charge < -0.3 is 0 Å². The number of carbonyl (C=O) groups is 3. The van der Waals surface area contributed by atoms with Gasteiger partial charge in [-0.15, -0.1) is 0 Å². The van der Waals surface area contributed by atoms with Gasteiger partial charge in [0.05, 0.1) is 0 Å². The molecule has 0 aliphatic carbocycles. The van der Waals surface area contributed by atoms with Gasteiger partial charge >= 0.3 is 0 Å². The van der Waals surface area contributed by atoms with E-state index < -0.39 is 5.41 Å². The van der Waals surface area contributed by atoms with E-state index in [0.717, 1.165) is 45.2 Å². The zero-order valence-corrected chi connectivity index (χ0v) is 16.7. The Kier molecular flexibility index (Phi) is 8.17. The van der Waals surface area contributed by atoms with Crippen LogP contribution in [0.5, 0.6) is 0 Å². The maximum Gasteiger partial charge on any atom is 0.236 e. The number of unbranched alkanes of at least 4 members (excludes halogenated alkanes) is 2. The molecule has 1 aliphatic rings. The highest BCUT2D eigenvalue weighted by atomic mass is 16.2. The summed E-state index contributed by atoms with van der Waals surface area (Å²) in [7, 11) is 0. The number of hydrazine groups is 1. The van der Waals surface area contributed by atoms with Crippen molar-refractivity contribution in [2.24, 2.45) is 5.41 Å². The van der Waals surface area contributed by atoms with Crippen molar-refractivity contribution in [3.63, 3.8) is 0 Å². The summed E-state index contributed by atoms with van der Waals surface area (Å²) in [6.07, 6.45) is 6.63. The fraction of sp³-hybridized carbons (Fsp3) is 0.591. The Labute approximate surface area is 162 Å². The fourth-order valence-corrected chi connectivity index (χ4v) is 3.43. The van der Waals surface area contributed by atoms with Crippen LogP contribution in [0.4, 0.5) is 0 Å². The van der Waals surface area contributed by atoms with E-state index in [0.29, 0.717) is 25.7 Å². The normalized spacial score (nSPS) is 15.1. The number of Topliss-reactive ketones (excluding diaryl/α,β-unsaturated/α-hetero) is 1. The van der Waals surface area contributed by atoms with Gasteiger partial charge in [0, 0.05) is 31.5 Å². The first-order chi connectivity index (χ1) is 12.9. The van der Waals surface area contributed by atoms with E-state index in [-0.39, 0.29) is 11.7 Å². The summed E-state index contributed by atoms with van der Waals surface area (Å²) in [5.74, 6) is -0.204. The maximum atomic E-state index is 12.6. The number of aldehydes is 1. The molecule has 27 heavy (non-hydrogen) atoms. The van der Waals surface area contributed by atoms with E-state index in [2.05, 4.69) is 24.3 Å². The third-order valence-corrected chi connectivity index (χ3v) is 5.38. The molecule has 1 amide bonds. The number of ketones is 1.